The molecule has 146 valence electrons. The SMILES string of the molecule is CC(NC(=O)c1ccccc1)c1nc2ccccc2n1CCCc1ccccc1. The fourth-order valence-corrected chi connectivity index (χ4v) is 3.68. The average molecular weight is 383 g/mol. The topological polar surface area (TPSA) is 46.9 Å². The Hall–Kier alpha value is -3.40. The van der Waals surface area contributed by atoms with Crippen LogP contribution in [0.25, 0.3) is 11.0 Å². The lowest BCUT2D eigenvalue weighted by Crippen LogP contribution is -2.28. The smallest absolute Gasteiger partial charge is 0.251 e. The molecule has 0 saturated carbocycles. The number of hydrogen-bond acceptors (Lipinski definition) is 2. The highest BCUT2D eigenvalue weighted by Gasteiger charge is 2.18. The minimum Gasteiger partial charge on any atom is -0.342 e. The second-order valence-corrected chi connectivity index (χ2v) is 7.26. The summed E-state index contributed by atoms with van der Waals surface area (Å²) in [4.78, 5) is 17.4. The Morgan fingerprint density at radius 3 is 2.34 bits per heavy atom. The number of carbonyl (C=O) groups excluding carboxylic acids is 1. The van der Waals surface area contributed by atoms with E-state index < -0.39 is 0 Å². The van der Waals surface area contributed by atoms with Crippen LogP contribution < -0.4 is 5.32 Å². The van der Waals surface area contributed by atoms with Gasteiger partial charge in [-0.25, -0.2) is 4.98 Å². The first kappa shape index (κ1) is 18.9. The minimum absolute atomic E-state index is 0.0824. The van der Waals surface area contributed by atoms with Gasteiger partial charge in [-0.3, -0.25) is 4.79 Å². The van der Waals surface area contributed by atoms with E-state index >= 15 is 0 Å². The summed E-state index contributed by atoms with van der Waals surface area (Å²) in [6, 6.07) is 27.8. The maximum atomic E-state index is 12.6. The Labute approximate surface area is 171 Å². The van der Waals surface area contributed by atoms with Crippen LogP contribution in [0.4, 0.5) is 0 Å². The molecule has 4 heteroatoms. The zero-order chi connectivity index (χ0) is 20.1. The van der Waals surface area contributed by atoms with E-state index in [1.165, 1.54) is 5.56 Å². The van der Waals surface area contributed by atoms with Crippen molar-refractivity contribution < 1.29 is 4.79 Å². The van der Waals surface area contributed by atoms with Crippen LogP contribution in [0, 0.1) is 0 Å². The summed E-state index contributed by atoms with van der Waals surface area (Å²) < 4.78 is 2.24. The number of imidazole rings is 1. The van der Waals surface area contributed by atoms with Crippen LogP contribution in [0.3, 0.4) is 0 Å². The number of benzene rings is 3. The van der Waals surface area contributed by atoms with E-state index in [1.54, 1.807) is 0 Å². The van der Waals surface area contributed by atoms with E-state index in [1.807, 2.05) is 61.5 Å². The molecule has 0 aliphatic heterocycles. The van der Waals surface area contributed by atoms with E-state index in [0.29, 0.717) is 5.56 Å². The molecule has 0 saturated heterocycles. The molecule has 0 aliphatic carbocycles. The van der Waals surface area contributed by atoms with Gasteiger partial charge in [0.1, 0.15) is 5.82 Å². The number of nitrogens with zero attached hydrogens (tertiary/aromatic N) is 2. The number of fused-ring (bicyclic) bond motifs is 1. The molecule has 4 rings (SSSR count). The summed E-state index contributed by atoms with van der Waals surface area (Å²) in [5.41, 5.74) is 4.06. The van der Waals surface area contributed by atoms with Crippen molar-refractivity contribution in [2.45, 2.75) is 32.4 Å². The number of rotatable bonds is 7. The molecule has 0 aliphatic rings. The van der Waals surface area contributed by atoms with Gasteiger partial charge in [0.25, 0.3) is 5.91 Å². The number of hydrogen-bond donors (Lipinski definition) is 1. The molecule has 1 N–H and O–H groups in total. The maximum absolute atomic E-state index is 12.6. The Morgan fingerprint density at radius 2 is 1.59 bits per heavy atom. The van der Waals surface area contributed by atoms with Gasteiger partial charge in [0.05, 0.1) is 17.1 Å². The van der Waals surface area contributed by atoms with Crippen molar-refractivity contribution in [1.82, 2.24) is 14.9 Å². The molecule has 4 nitrogen and oxygen atoms in total. The van der Waals surface area contributed by atoms with Crippen molar-refractivity contribution >= 4 is 16.9 Å². The van der Waals surface area contributed by atoms with Crippen molar-refractivity contribution in [1.29, 1.82) is 0 Å². The van der Waals surface area contributed by atoms with Gasteiger partial charge in [-0.1, -0.05) is 60.7 Å². The second-order valence-electron chi connectivity index (χ2n) is 7.26. The first-order chi connectivity index (χ1) is 14.2. The molecule has 0 fully saturated rings. The highest BCUT2D eigenvalue weighted by Crippen LogP contribution is 2.22. The molecule has 1 aromatic heterocycles. The van der Waals surface area contributed by atoms with Crippen molar-refractivity contribution in [3.63, 3.8) is 0 Å². The highest BCUT2D eigenvalue weighted by atomic mass is 16.1. The molecule has 0 radical (unpaired) electrons. The summed E-state index contributed by atoms with van der Waals surface area (Å²) in [5.74, 6) is 0.810. The zero-order valence-electron chi connectivity index (χ0n) is 16.6. The van der Waals surface area contributed by atoms with Gasteiger partial charge < -0.3 is 9.88 Å². The lowest BCUT2D eigenvalue weighted by Gasteiger charge is -2.16. The van der Waals surface area contributed by atoms with Crippen LogP contribution in [-0.4, -0.2) is 15.5 Å². The fraction of sp³-hybridized carbons (Fsp3) is 0.200. The summed E-state index contributed by atoms with van der Waals surface area (Å²) in [6.45, 7) is 2.85. The minimum atomic E-state index is -0.188. The van der Waals surface area contributed by atoms with Crippen molar-refractivity contribution in [2.75, 3.05) is 0 Å². The quantitative estimate of drug-likeness (QED) is 0.479. The van der Waals surface area contributed by atoms with Crippen molar-refractivity contribution in [3.8, 4) is 0 Å². The third-order valence-electron chi connectivity index (χ3n) is 5.14. The molecular weight excluding hydrogens is 358 g/mol. The summed E-state index contributed by atoms with van der Waals surface area (Å²) in [5, 5.41) is 3.10. The van der Waals surface area contributed by atoms with Gasteiger partial charge in [-0.15, -0.1) is 0 Å². The molecule has 1 unspecified atom stereocenters. The third-order valence-corrected chi connectivity index (χ3v) is 5.14. The van der Waals surface area contributed by atoms with Crippen LogP contribution >= 0.6 is 0 Å². The van der Waals surface area contributed by atoms with Gasteiger partial charge >= 0.3 is 0 Å². The Morgan fingerprint density at radius 1 is 0.931 bits per heavy atom. The number of para-hydroxylation sites is 2. The molecule has 1 heterocycles. The zero-order valence-corrected chi connectivity index (χ0v) is 16.6. The maximum Gasteiger partial charge on any atom is 0.251 e. The monoisotopic (exact) mass is 383 g/mol. The lowest BCUT2D eigenvalue weighted by atomic mass is 10.1. The molecule has 0 bridgehead atoms. The molecule has 29 heavy (non-hydrogen) atoms. The van der Waals surface area contributed by atoms with E-state index in [2.05, 4.69) is 40.2 Å². The molecular formula is C25H25N3O. The number of aryl methyl sites for hydroxylation is 2. The summed E-state index contributed by atoms with van der Waals surface area (Å²) in [7, 11) is 0. The normalized spacial score (nSPS) is 12.0. The fourth-order valence-electron chi connectivity index (χ4n) is 3.68. The van der Waals surface area contributed by atoms with Gasteiger partial charge in [0.15, 0.2) is 0 Å². The third kappa shape index (κ3) is 4.37. The van der Waals surface area contributed by atoms with E-state index in [-0.39, 0.29) is 11.9 Å². The van der Waals surface area contributed by atoms with E-state index in [4.69, 9.17) is 4.98 Å². The average Bonchev–Trinajstić information content (AvgIpc) is 3.14. The lowest BCUT2D eigenvalue weighted by molar-refractivity contribution is 0.0937. The molecule has 4 aromatic rings. The highest BCUT2D eigenvalue weighted by molar-refractivity contribution is 5.94. The number of amides is 1. The largest absolute Gasteiger partial charge is 0.342 e. The van der Waals surface area contributed by atoms with Gasteiger partial charge in [-0.05, 0) is 49.6 Å². The predicted molar refractivity (Wildman–Crippen MR) is 117 cm³/mol. The van der Waals surface area contributed by atoms with E-state index in [9.17, 15) is 4.79 Å². The molecule has 0 spiro atoms. The summed E-state index contributed by atoms with van der Waals surface area (Å²) in [6.07, 6.45) is 2.02. The number of aromatic nitrogens is 2. The molecule has 1 atom stereocenters. The van der Waals surface area contributed by atoms with Crippen LogP contribution in [0.15, 0.2) is 84.9 Å². The Balaban J connectivity index is 1.54. The van der Waals surface area contributed by atoms with Gasteiger partial charge in [-0.2, -0.15) is 0 Å². The van der Waals surface area contributed by atoms with Crippen LogP contribution in [0.1, 0.15) is 41.1 Å². The standard InChI is InChI=1S/C25H25N3O/c1-19(26-25(29)21-14-6-3-7-15-21)24-27-22-16-8-9-17-23(22)28(24)18-10-13-20-11-4-2-5-12-20/h2-9,11-12,14-17,19H,10,13,18H2,1H3,(H,26,29). The Bertz CT molecular complexity index is 1090. The molecule has 3 aromatic carbocycles. The van der Waals surface area contributed by atoms with Crippen LogP contribution in [0.2, 0.25) is 0 Å². The Kier molecular flexibility index (Phi) is 5.71. The van der Waals surface area contributed by atoms with Gasteiger partial charge in [0.2, 0.25) is 0 Å². The van der Waals surface area contributed by atoms with Crippen molar-refractivity contribution in [3.05, 3.63) is 102 Å². The molecule has 1 amide bonds. The first-order valence-corrected chi connectivity index (χ1v) is 10.1. The van der Waals surface area contributed by atoms with Crippen LogP contribution in [-0.2, 0) is 13.0 Å². The predicted octanol–water partition coefficient (Wildman–Crippen LogP) is 5.16. The second kappa shape index (κ2) is 8.74. The van der Waals surface area contributed by atoms with Crippen molar-refractivity contribution in [2.24, 2.45) is 0 Å². The summed E-state index contributed by atoms with van der Waals surface area (Å²) >= 11 is 0. The van der Waals surface area contributed by atoms with Gasteiger partial charge in [0, 0.05) is 12.1 Å². The first-order valence-electron chi connectivity index (χ1n) is 10.1. The van der Waals surface area contributed by atoms with E-state index in [0.717, 1.165) is 36.2 Å². The number of nitrogens with one attached hydrogen (secondary N) is 1. The van der Waals surface area contributed by atoms with Crippen LogP contribution in [0.5, 0.6) is 0 Å². The number of carbonyl (C=O) groups is 1.